The van der Waals surface area contributed by atoms with E-state index in [1.807, 2.05) is 29.6 Å². The Morgan fingerprint density at radius 1 is 1.32 bits per heavy atom. The SMILES string of the molecule is NC1=NC(N)(CCc2nccs2)Nc2ccccc21. The number of benzene rings is 1. The largest absolute Gasteiger partial charge is 0.383 e. The summed E-state index contributed by atoms with van der Waals surface area (Å²) in [5, 5.41) is 6.27. The van der Waals surface area contributed by atoms with E-state index in [-0.39, 0.29) is 0 Å². The molecule has 1 aliphatic heterocycles. The van der Waals surface area contributed by atoms with Gasteiger partial charge < -0.3 is 11.1 Å². The molecule has 1 aliphatic rings. The van der Waals surface area contributed by atoms with Gasteiger partial charge in [0, 0.05) is 35.7 Å². The summed E-state index contributed by atoms with van der Waals surface area (Å²) in [6.07, 6.45) is 3.22. The second kappa shape index (κ2) is 4.64. The molecule has 0 radical (unpaired) electrons. The molecule has 0 fully saturated rings. The Kier molecular flexibility index (Phi) is 2.96. The first-order chi connectivity index (χ1) is 9.16. The molecular weight excluding hydrogens is 258 g/mol. The average Bonchev–Trinajstić information content (AvgIpc) is 2.89. The third kappa shape index (κ3) is 2.45. The molecule has 0 bridgehead atoms. The number of anilines is 1. The number of hydrogen-bond donors (Lipinski definition) is 3. The summed E-state index contributed by atoms with van der Waals surface area (Å²) in [6, 6.07) is 7.77. The van der Waals surface area contributed by atoms with E-state index in [0.29, 0.717) is 12.3 Å². The van der Waals surface area contributed by atoms with E-state index in [0.717, 1.165) is 22.7 Å². The highest BCUT2D eigenvalue weighted by atomic mass is 32.1. The fourth-order valence-corrected chi connectivity index (χ4v) is 2.76. The van der Waals surface area contributed by atoms with Crippen LogP contribution >= 0.6 is 11.3 Å². The summed E-state index contributed by atoms with van der Waals surface area (Å²) in [7, 11) is 0. The van der Waals surface area contributed by atoms with Crippen LogP contribution in [-0.4, -0.2) is 16.6 Å². The third-order valence-corrected chi connectivity index (χ3v) is 3.92. The van der Waals surface area contributed by atoms with Crippen LogP contribution in [0.4, 0.5) is 5.69 Å². The normalized spacial score (nSPS) is 21.4. The predicted molar refractivity (Wildman–Crippen MR) is 78.1 cm³/mol. The van der Waals surface area contributed by atoms with Crippen LogP contribution in [0.15, 0.2) is 40.8 Å². The molecule has 2 heterocycles. The number of para-hydroxylation sites is 1. The van der Waals surface area contributed by atoms with Gasteiger partial charge in [-0.2, -0.15) is 0 Å². The average molecular weight is 273 g/mol. The van der Waals surface area contributed by atoms with Crippen molar-refractivity contribution in [2.75, 3.05) is 5.32 Å². The number of fused-ring (bicyclic) bond motifs is 1. The summed E-state index contributed by atoms with van der Waals surface area (Å²) < 4.78 is 0. The van der Waals surface area contributed by atoms with Crippen molar-refractivity contribution < 1.29 is 0 Å². The van der Waals surface area contributed by atoms with Crippen LogP contribution in [-0.2, 0) is 6.42 Å². The molecule has 1 aromatic heterocycles. The van der Waals surface area contributed by atoms with Crippen molar-refractivity contribution >= 4 is 22.9 Å². The molecule has 5 N–H and O–H groups in total. The maximum atomic E-state index is 6.28. The molecule has 1 aromatic carbocycles. The molecule has 3 rings (SSSR count). The van der Waals surface area contributed by atoms with E-state index in [9.17, 15) is 0 Å². The lowest BCUT2D eigenvalue weighted by atomic mass is 10.1. The first-order valence-electron chi connectivity index (χ1n) is 6.06. The lowest BCUT2D eigenvalue weighted by Gasteiger charge is -2.32. The molecule has 0 spiro atoms. The fraction of sp³-hybridized carbons (Fsp3) is 0.231. The van der Waals surface area contributed by atoms with E-state index in [4.69, 9.17) is 11.5 Å². The van der Waals surface area contributed by atoms with E-state index in [1.165, 1.54) is 0 Å². The molecule has 98 valence electrons. The van der Waals surface area contributed by atoms with Crippen molar-refractivity contribution in [2.24, 2.45) is 16.5 Å². The van der Waals surface area contributed by atoms with Gasteiger partial charge in [-0.05, 0) is 12.1 Å². The molecule has 0 saturated heterocycles. The van der Waals surface area contributed by atoms with Crippen molar-refractivity contribution in [3.63, 3.8) is 0 Å². The van der Waals surface area contributed by atoms with Crippen molar-refractivity contribution in [1.82, 2.24) is 4.98 Å². The Hall–Kier alpha value is -1.92. The van der Waals surface area contributed by atoms with Crippen LogP contribution in [0.2, 0.25) is 0 Å². The van der Waals surface area contributed by atoms with Crippen LogP contribution in [0.3, 0.4) is 0 Å². The molecule has 1 unspecified atom stereocenters. The third-order valence-electron chi connectivity index (χ3n) is 3.08. The number of nitrogens with zero attached hydrogens (tertiary/aromatic N) is 2. The zero-order valence-electron chi connectivity index (χ0n) is 10.3. The number of thiazole rings is 1. The Bertz CT molecular complexity index is 607. The van der Waals surface area contributed by atoms with Gasteiger partial charge in [0.2, 0.25) is 0 Å². The van der Waals surface area contributed by atoms with Gasteiger partial charge in [-0.1, -0.05) is 12.1 Å². The summed E-state index contributed by atoms with van der Waals surface area (Å²) >= 11 is 1.62. The maximum Gasteiger partial charge on any atom is 0.185 e. The molecule has 19 heavy (non-hydrogen) atoms. The zero-order chi connectivity index (χ0) is 13.3. The number of nitrogens with one attached hydrogen (secondary N) is 1. The minimum Gasteiger partial charge on any atom is -0.383 e. The van der Waals surface area contributed by atoms with Crippen LogP contribution in [0, 0.1) is 0 Å². The lowest BCUT2D eigenvalue weighted by Crippen LogP contribution is -2.50. The number of aryl methyl sites for hydroxylation is 1. The van der Waals surface area contributed by atoms with Gasteiger partial charge in [-0.15, -0.1) is 11.3 Å². The minimum atomic E-state index is -0.857. The molecule has 2 aromatic rings. The molecule has 0 amide bonds. The van der Waals surface area contributed by atoms with E-state index in [1.54, 1.807) is 17.5 Å². The highest BCUT2D eigenvalue weighted by Crippen LogP contribution is 2.26. The topological polar surface area (TPSA) is 89.3 Å². The first-order valence-corrected chi connectivity index (χ1v) is 6.94. The Morgan fingerprint density at radius 2 is 2.16 bits per heavy atom. The zero-order valence-corrected chi connectivity index (χ0v) is 11.2. The van der Waals surface area contributed by atoms with E-state index < -0.39 is 5.79 Å². The number of amidine groups is 1. The van der Waals surface area contributed by atoms with E-state index in [2.05, 4.69) is 15.3 Å². The number of aromatic nitrogens is 1. The van der Waals surface area contributed by atoms with Gasteiger partial charge in [0.05, 0.1) is 5.01 Å². The van der Waals surface area contributed by atoms with Gasteiger partial charge in [0.1, 0.15) is 5.84 Å². The van der Waals surface area contributed by atoms with Gasteiger partial charge in [0.15, 0.2) is 5.79 Å². The van der Waals surface area contributed by atoms with Gasteiger partial charge in [0.25, 0.3) is 0 Å². The molecule has 5 nitrogen and oxygen atoms in total. The number of aliphatic imine (C=N–C) groups is 1. The second-order valence-corrected chi connectivity index (χ2v) is 5.50. The highest BCUT2D eigenvalue weighted by Gasteiger charge is 2.29. The molecule has 6 heteroatoms. The summed E-state index contributed by atoms with van der Waals surface area (Å²) in [5.41, 5.74) is 14.1. The number of rotatable bonds is 3. The van der Waals surface area contributed by atoms with E-state index >= 15 is 0 Å². The fourth-order valence-electron chi connectivity index (χ4n) is 2.14. The van der Waals surface area contributed by atoms with Gasteiger partial charge in [-0.25, -0.2) is 9.98 Å². The smallest absolute Gasteiger partial charge is 0.185 e. The van der Waals surface area contributed by atoms with Gasteiger partial charge in [-0.3, -0.25) is 5.73 Å². The molecule has 0 aliphatic carbocycles. The Balaban J connectivity index is 1.81. The standard InChI is InChI=1S/C13H15N5S/c14-12-9-3-1-2-4-10(9)17-13(15,18-12)6-5-11-16-7-8-19-11/h1-4,7-8,17H,5-6,15H2,(H2,14,18). The first kappa shape index (κ1) is 12.1. The molecule has 0 saturated carbocycles. The van der Waals surface area contributed by atoms with Crippen LogP contribution in [0.5, 0.6) is 0 Å². The number of hydrogen-bond acceptors (Lipinski definition) is 6. The quantitative estimate of drug-likeness (QED) is 0.791. The summed E-state index contributed by atoms with van der Waals surface area (Å²) in [6.45, 7) is 0. The molecular formula is C13H15N5S. The van der Waals surface area contributed by atoms with Crippen molar-refractivity contribution in [1.29, 1.82) is 0 Å². The lowest BCUT2D eigenvalue weighted by molar-refractivity contribution is 0.465. The summed E-state index contributed by atoms with van der Waals surface area (Å²) in [4.78, 5) is 8.64. The summed E-state index contributed by atoms with van der Waals surface area (Å²) in [5.74, 6) is -0.375. The Labute approximate surface area is 115 Å². The van der Waals surface area contributed by atoms with Crippen LogP contribution < -0.4 is 16.8 Å². The maximum absolute atomic E-state index is 6.28. The van der Waals surface area contributed by atoms with Crippen LogP contribution in [0.1, 0.15) is 17.0 Å². The predicted octanol–water partition coefficient (Wildman–Crippen LogP) is 1.52. The molecule has 1 atom stereocenters. The number of nitrogens with two attached hydrogens (primary N) is 2. The van der Waals surface area contributed by atoms with Gasteiger partial charge >= 0.3 is 0 Å². The Morgan fingerprint density at radius 3 is 2.95 bits per heavy atom. The van der Waals surface area contributed by atoms with Crippen LogP contribution in [0.25, 0.3) is 0 Å². The van der Waals surface area contributed by atoms with Crippen molar-refractivity contribution in [2.45, 2.75) is 18.6 Å². The highest BCUT2D eigenvalue weighted by molar-refractivity contribution is 7.09. The second-order valence-electron chi connectivity index (χ2n) is 4.52. The van der Waals surface area contributed by atoms with Crippen molar-refractivity contribution in [3.05, 3.63) is 46.4 Å². The minimum absolute atomic E-state index is 0.482. The van der Waals surface area contributed by atoms with Crippen molar-refractivity contribution in [3.8, 4) is 0 Å². The monoisotopic (exact) mass is 273 g/mol.